The Morgan fingerprint density at radius 2 is 1.76 bits per heavy atom. The van der Waals surface area contributed by atoms with Gasteiger partial charge in [0.15, 0.2) is 11.5 Å². The van der Waals surface area contributed by atoms with Crippen LogP contribution >= 0.6 is 0 Å². The quantitative estimate of drug-likeness (QED) is 0.690. The number of fused-ring (bicyclic) bond motifs is 1. The number of nitrogens with zero attached hydrogens (tertiary/aromatic N) is 1. The van der Waals surface area contributed by atoms with Crippen LogP contribution in [0.2, 0.25) is 0 Å². The van der Waals surface area contributed by atoms with Gasteiger partial charge in [-0.25, -0.2) is 5.43 Å². The molecule has 0 radical (unpaired) electrons. The molecule has 0 saturated heterocycles. The van der Waals surface area contributed by atoms with Gasteiger partial charge in [-0.3, -0.25) is 4.79 Å². The predicted octanol–water partition coefficient (Wildman–Crippen LogP) is 3.29. The smallest absolute Gasteiger partial charge is 0.284 e. The number of rotatable bonds is 3. The van der Waals surface area contributed by atoms with Gasteiger partial charge in [0.2, 0.25) is 6.10 Å². The highest BCUT2D eigenvalue weighted by molar-refractivity contribution is 6.00. The molecule has 1 atom stereocenters. The van der Waals surface area contributed by atoms with Gasteiger partial charge in [-0.05, 0) is 62.6 Å². The molecule has 1 amide bonds. The molecule has 0 aliphatic carbocycles. The molecule has 1 heterocycles. The van der Waals surface area contributed by atoms with E-state index >= 15 is 0 Å². The van der Waals surface area contributed by atoms with Gasteiger partial charge in [0.1, 0.15) is 6.61 Å². The molecule has 25 heavy (non-hydrogen) atoms. The van der Waals surface area contributed by atoms with Gasteiger partial charge in [-0.15, -0.1) is 0 Å². The molecular formula is C20H22N2O3. The Labute approximate surface area is 147 Å². The number of para-hydroxylation sites is 2. The topological polar surface area (TPSA) is 59.9 Å². The summed E-state index contributed by atoms with van der Waals surface area (Å²) in [4.78, 5) is 12.3. The fourth-order valence-electron chi connectivity index (χ4n) is 2.77. The van der Waals surface area contributed by atoms with Gasteiger partial charge in [0, 0.05) is 5.56 Å². The van der Waals surface area contributed by atoms with E-state index in [1.54, 1.807) is 6.07 Å². The van der Waals surface area contributed by atoms with Gasteiger partial charge < -0.3 is 9.47 Å². The molecule has 0 spiro atoms. The van der Waals surface area contributed by atoms with Crippen molar-refractivity contribution in [3.05, 3.63) is 58.7 Å². The van der Waals surface area contributed by atoms with Gasteiger partial charge in [0.05, 0.1) is 5.71 Å². The Morgan fingerprint density at radius 3 is 2.52 bits per heavy atom. The van der Waals surface area contributed by atoms with Gasteiger partial charge in [-0.2, -0.15) is 5.10 Å². The Kier molecular flexibility index (Phi) is 4.74. The lowest BCUT2D eigenvalue weighted by molar-refractivity contribution is -0.130. The van der Waals surface area contributed by atoms with Crippen molar-refractivity contribution in [2.24, 2.45) is 5.10 Å². The predicted molar refractivity (Wildman–Crippen MR) is 97.4 cm³/mol. The number of amides is 1. The summed E-state index contributed by atoms with van der Waals surface area (Å²) in [6.45, 7) is 8.23. The zero-order valence-corrected chi connectivity index (χ0v) is 14.9. The molecule has 5 heteroatoms. The SMILES string of the molecule is C/C(=N/NC(=O)[C@H]1COc2ccccc2O1)c1cc(C)c(C)cc1C. The van der Waals surface area contributed by atoms with Crippen LogP contribution in [0.15, 0.2) is 41.5 Å². The first-order valence-corrected chi connectivity index (χ1v) is 8.26. The summed E-state index contributed by atoms with van der Waals surface area (Å²) < 4.78 is 11.2. The number of hydrogen-bond donors (Lipinski definition) is 1. The number of ether oxygens (including phenoxy) is 2. The first kappa shape index (κ1) is 17.0. The number of carbonyl (C=O) groups is 1. The summed E-state index contributed by atoms with van der Waals surface area (Å²) in [7, 11) is 0. The second-order valence-corrected chi connectivity index (χ2v) is 6.29. The van der Waals surface area contributed by atoms with Gasteiger partial charge in [-0.1, -0.05) is 18.2 Å². The number of hydrogen-bond acceptors (Lipinski definition) is 4. The van der Waals surface area contributed by atoms with E-state index in [0.717, 1.165) is 16.8 Å². The van der Waals surface area contributed by atoms with Crippen molar-refractivity contribution < 1.29 is 14.3 Å². The zero-order valence-electron chi connectivity index (χ0n) is 14.9. The molecule has 0 unspecified atom stereocenters. The summed E-state index contributed by atoms with van der Waals surface area (Å²) in [5.41, 5.74) is 7.93. The summed E-state index contributed by atoms with van der Waals surface area (Å²) in [6, 6.07) is 11.5. The highest BCUT2D eigenvalue weighted by Gasteiger charge is 2.27. The molecule has 1 aliphatic rings. The third kappa shape index (κ3) is 3.65. The van der Waals surface area contributed by atoms with Gasteiger partial charge in [0.25, 0.3) is 5.91 Å². The molecular weight excluding hydrogens is 316 g/mol. The molecule has 0 saturated carbocycles. The van der Waals surface area contributed by atoms with Crippen LogP contribution in [0.1, 0.15) is 29.2 Å². The van der Waals surface area contributed by atoms with Crippen LogP contribution in [0.5, 0.6) is 11.5 Å². The average molecular weight is 338 g/mol. The molecule has 0 bridgehead atoms. The van der Waals surface area contributed by atoms with Crippen LogP contribution in [0.25, 0.3) is 0 Å². The number of benzene rings is 2. The minimum atomic E-state index is -0.715. The lowest BCUT2D eigenvalue weighted by Gasteiger charge is -2.24. The largest absolute Gasteiger partial charge is 0.485 e. The maximum atomic E-state index is 12.3. The Morgan fingerprint density at radius 1 is 1.08 bits per heavy atom. The van der Waals surface area contributed by atoms with E-state index in [1.807, 2.05) is 32.0 Å². The Balaban J connectivity index is 1.70. The maximum absolute atomic E-state index is 12.3. The van der Waals surface area contributed by atoms with Crippen LogP contribution in [0, 0.1) is 20.8 Å². The minimum Gasteiger partial charge on any atom is -0.485 e. The van der Waals surface area contributed by atoms with E-state index in [1.165, 1.54) is 11.1 Å². The standard InChI is InChI=1S/C20H22N2O3/c1-12-9-14(3)16(10-13(12)2)15(4)21-22-20(23)19-11-24-17-7-5-6-8-18(17)25-19/h5-10,19H,11H2,1-4H3,(H,22,23)/b21-15-/t19-/m1/s1. The second kappa shape index (κ2) is 6.97. The average Bonchev–Trinajstić information content (AvgIpc) is 2.62. The van der Waals surface area contributed by atoms with E-state index in [9.17, 15) is 4.79 Å². The molecule has 5 nitrogen and oxygen atoms in total. The van der Waals surface area contributed by atoms with Crippen LogP contribution in [0.4, 0.5) is 0 Å². The van der Waals surface area contributed by atoms with Crippen molar-refractivity contribution >= 4 is 11.6 Å². The molecule has 0 aromatic heterocycles. The van der Waals surface area contributed by atoms with Crippen LogP contribution in [-0.4, -0.2) is 24.3 Å². The third-order valence-electron chi connectivity index (χ3n) is 4.37. The lowest BCUT2D eigenvalue weighted by Crippen LogP contribution is -2.42. The van der Waals surface area contributed by atoms with Gasteiger partial charge >= 0.3 is 0 Å². The van der Waals surface area contributed by atoms with E-state index in [4.69, 9.17) is 9.47 Å². The Bertz CT molecular complexity index is 843. The summed E-state index contributed by atoms with van der Waals surface area (Å²) in [5.74, 6) is 0.895. The molecule has 3 rings (SSSR count). The first-order chi connectivity index (χ1) is 12.0. The van der Waals surface area contributed by atoms with E-state index < -0.39 is 6.10 Å². The number of aryl methyl sites for hydroxylation is 3. The zero-order chi connectivity index (χ0) is 18.0. The van der Waals surface area contributed by atoms with Crippen molar-refractivity contribution in [2.75, 3.05) is 6.61 Å². The van der Waals surface area contributed by atoms with Crippen LogP contribution in [-0.2, 0) is 4.79 Å². The molecule has 2 aromatic carbocycles. The normalized spacial score (nSPS) is 16.5. The number of nitrogens with one attached hydrogen (secondary N) is 1. The van der Waals surface area contributed by atoms with Crippen LogP contribution in [0.3, 0.4) is 0 Å². The van der Waals surface area contributed by atoms with Crippen molar-refractivity contribution in [1.82, 2.24) is 5.43 Å². The number of carbonyl (C=O) groups excluding carboxylic acids is 1. The van der Waals surface area contributed by atoms with E-state index in [0.29, 0.717) is 11.5 Å². The third-order valence-corrected chi connectivity index (χ3v) is 4.37. The van der Waals surface area contributed by atoms with E-state index in [-0.39, 0.29) is 12.5 Å². The minimum absolute atomic E-state index is 0.167. The highest BCUT2D eigenvalue weighted by Crippen LogP contribution is 2.30. The maximum Gasteiger partial charge on any atom is 0.284 e. The van der Waals surface area contributed by atoms with E-state index in [2.05, 4.69) is 36.5 Å². The second-order valence-electron chi connectivity index (χ2n) is 6.29. The summed E-state index contributed by atoms with van der Waals surface area (Å²) >= 11 is 0. The Hall–Kier alpha value is -2.82. The molecule has 1 aliphatic heterocycles. The van der Waals surface area contributed by atoms with Crippen molar-refractivity contribution in [2.45, 2.75) is 33.8 Å². The van der Waals surface area contributed by atoms with Crippen molar-refractivity contribution in [3.63, 3.8) is 0 Å². The summed E-state index contributed by atoms with van der Waals surface area (Å²) in [6.07, 6.45) is -0.715. The molecule has 0 fully saturated rings. The van der Waals surface area contributed by atoms with Crippen molar-refractivity contribution in [3.8, 4) is 11.5 Å². The monoisotopic (exact) mass is 338 g/mol. The van der Waals surface area contributed by atoms with Crippen LogP contribution < -0.4 is 14.9 Å². The first-order valence-electron chi connectivity index (χ1n) is 8.26. The fraction of sp³-hybridized carbons (Fsp3) is 0.300. The van der Waals surface area contributed by atoms with Crippen molar-refractivity contribution in [1.29, 1.82) is 0 Å². The fourth-order valence-corrected chi connectivity index (χ4v) is 2.77. The molecule has 1 N–H and O–H groups in total. The highest BCUT2D eigenvalue weighted by atomic mass is 16.6. The lowest BCUT2D eigenvalue weighted by atomic mass is 9.98. The molecule has 130 valence electrons. The summed E-state index contributed by atoms with van der Waals surface area (Å²) in [5, 5.41) is 4.24. The molecule has 2 aromatic rings. The number of hydrazone groups is 1.